The van der Waals surface area contributed by atoms with Gasteiger partial charge in [0.1, 0.15) is 18.0 Å². The van der Waals surface area contributed by atoms with Crippen molar-refractivity contribution >= 4 is 17.4 Å². The van der Waals surface area contributed by atoms with E-state index in [0.29, 0.717) is 6.61 Å². The van der Waals surface area contributed by atoms with Crippen LogP contribution in [-0.2, 0) is 11.2 Å². The molecule has 0 spiro atoms. The summed E-state index contributed by atoms with van der Waals surface area (Å²) in [7, 11) is 0. The summed E-state index contributed by atoms with van der Waals surface area (Å²) in [6, 6.07) is 21.5. The van der Waals surface area contributed by atoms with Crippen LogP contribution in [0.15, 0.2) is 60.7 Å². The summed E-state index contributed by atoms with van der Waals surface area (Å²) in [6.45, 7) is 9.04. The number of ether oxygens (including phenoxy) is 2. The highest BCUT2D eigenvalue weighted by molar-refractivity contribution is 7.15. The number of carbonyl (C=O) groups is 1. The Labute approximate surface area is 201 Å². The van der Waals surface area contributed by atoms with Crippen LogP contribution in [0.1, 0.15) is 49.6 Å². The van der Waals surface area contributed by atoms with Gasteiger partial charge in [0.25, 0.3) is 0 Å². The van der Waals surface area contributed by atoms with Gasteiger partial charge in [0.15, 0.2) is 0 Å². The zero-order valence-corrected chi connectivity index (χ0v) is 20.8. The minimum Gasteiger partial charge on any atom is -0.491 e. The second-order valence-electron chi connectivity index (χ2n) is 9.71. The highest BCUT2D eigenvalue weighted by Gasteiger charge is 2.32. The maximum Gasteiger partial charge on any atom is 0.410 e. The van der Waals surface area contributed by atoms with Gasteiger partial charge in [0, 0.05) is 16.3 Å². The molecule has 0 N–H and O–H groups in total. The Morgan fingerprint density at radius 3 is 2.27 bits per heavy atom. The number of hydrogen-bond acceptors (Lipinski definition) is 4. The third-order valence-corrected chi connectivity index (χ3v) is 6.81. The number of thiophene rings is 1. The quantitative estimate of drug-likeness (QED) is 0.392. The first kappa shape index (κ1) is 23.4. The Bertz CT molecular complexity index is 1060. The highest BCUT2D eigenvalue weighted by atomic mass is 32.1. The molecule has 1 aromatic heterocycles. The summed E-state index contributed by atoms with van der Waals surface area (Å²) in [4.78, 5) is 16.9. The summed E-state index contributed by atoms with van der Waals surface area (Å²) < 4.78 is 11.6. The minimum absolute atomic E-state index is 0.0603. The predicted octanol–water partition coefficient (Wildman–Crippen LogP) is 7.09. The third kappa shape index (κ3) is 6.38. The highest BCUT2D eigenvalue weighted by Crippen LogP contribution is 2.28. The topological polar surface area (TPSA) is 38.8 Å². The fourth-order valence-corrected chi connectivity index (χ4v) is 4.95. The summed E-state index contributed by atoms with van der Waals surface area (Å²) in [6.07, 6.45) is 2.57. The van der Waals surface area contributed by atoms with Gasteiger partial charge in [-0.25, -0.2) is 4.79 Å². The molecule has 2 heterocycles. The molecule has 1 saturated heterocycles. The lowest BCUT2D eigenvalue weighted by atomic mass is 10.0. The van der Waals surface area contributed by atoms with Crippen molar-refractivity contribution in [1.82, 2.24) is 4.90 Å². The van der Waals surface area contributed by atoms with Crippen molar-refractivity contribution in [1.29, 1.82) is 0 Å². The lowest BCUT2D eigenvalue weighted by molar-refractivity contribution is 0.0187. The Balaban J connectivity index is 1.30. The summed E-state index contributed by atoms with van der Waals surface area (Å²) in [5.41, 5.74) is 3.33. The largest absolute Gasteiger partial charge is 0.491 e. The van der Waals surface area contributed by atoms with E-state index in [2.05, 4.69) is 55.5 Å². The van der Waals surface area contributed by atoms with Gasteiger partial charge in [-0.05, 0) is 87.9 Å². The molecule has 0 radical (unpaired) electrons. The first-order valence-corrected chi connectivity index (χ1v) is 12.5. The maximum absolute atomic E-state index is 12.5. The zero-order valence-electron chi connectivity index (χ0n) is 20.0. The molecule has 0 saturated carbocycles. The average Bonchev–Trinajstić information content (AvgIpc) is 3.42. The SMILES string of the molecule is Cc1ccc(-c2ccc(Cc3ccc(OC[C@H]4CCCN4C(=O)OC(C)(C)C)cc3)cc2)s1. The molecular formula is C28H33NO3S. The number of aryl methyl sites for hydroxylation is 1. The zero-order chi connectivity index (χ0) is 23.4. The van der Waals surface area contributed by atoms with Crippen LogP contribution in [0, 0.1) is 6.92 Å². The predicted molar refractivity (Wildman–Crippen MR) is 135 cm³/mol. The van der Waals surface area contributed by atoms with E-state index in [0.717, 1.165) is 31.6 Å². The molecule has 0 bridgehead atoms. The van der Waals surface area contributed by atoms with Crippen LogP contribution in [0.2, 0.25) is 0 Å². The van der Waals surface area contributed by atoms with Gasteiger partial charge >= 0.3 is 6.09 Å². The molecule has 1 aliphatic heterocycles. The Kier molecular flexibility index (Phi) is 7.08. The first-order valence-electron chi connectivity index (χ1n) is 11.6. The van der Waals surface area contributed by atoms with Crippen LogP contribution in [-0.4, -0.2) is 35.8 Å². The summed E-state index contributed by atoms with van der Waals surface area (Å²) >= 11 is 1.83. The van der Waals surface area contributed by atoms with E-state index in [1.54, 1.807) is 4.90 Å². The fraction of sp³-hybridized carbons (Fsp3) is 0.393. The van der Waals surface area contributed by atoms with E-state index in [-0.39, 0.29) is 12.1 Å². The van der Waals surface area contributed by atoms with E-state index >= 15 is 0 Å². The van der Waals surface area contributed by atoms with Crippen LogP contribution in [0.3, 0.4) is 0 Å². The van der Waals surface area contributed by atoms with Crippen molar-refractivity contribution < 1.29 is 14.3 Å². The first-order chi connectivity index (χ1) is 15.8. The third-order valence-electron chi connectivity index (χ3n) is 5.76. The second kappa shape index (κ2) is 10.0. The van der Waals surface area contributed by atoms with Crippen LogP contribution in [0.5, 0.6) is 5.75 Å². The van der Waals surface area contributed by atoms with Crippen LogP contribution < -0.4 is 4.74 Å². The van der Waals surface area contributed by atoms with Gasteiger partial charge in [-0.3, -0.25) is 0 Å². The number of likely N-dealkylation sites (tertiary alicyclic amines) is 1. The average molecular weight is 464 g/mol. The van der Waals surface area contributed by atoms with E-state index in [4.69, 9.17) is 9.47 Å². The van der Waals surface area contributed by atoms with E-state index < -0.39 is 5.60 Å². The Morgan fingerprint density at radius 2 is 1.67 bits per heavy atom. The van der Waals surface area contributed by atoms with E-state index in [9.17, 15) is 4.79 Å². The van der Waals surface area contributed by atoms with Crippen molar-refractivity contribution in [3.05, 3.63) is 76.7 Å². The van der Waals surface area contributed by atoms with Crippen molar-refractivity contribution in [2.45, 2.75) is 58.6 Å². The van der Waals surface area contributed by atoms with Gasteiger partial charge in [-0.1, -0.05) is 36.4 Å². The van der Waals surface area contributed by atoms with Crippen molar-refractivity contribution in [3.63, 3.8) is 0 Å². The Morgan fingerprint density at radius 1 is 1.00 bits per heavy atom. The molecular weight excluding hydrogens is 430 g/mol. The van der Waals surface area contributed by atoms with Gasteiger partial charge in [-0.2, -0.15) is 0 Å². The molecule has 0 aliphatic carbocycles. The molecule has 0 unspecified atom stereocenters. The summed E-state index contributed by atoms with van der Waals surface area (Å²) in [5.74, 6) is 0.832. The van der Waals surface area contributed by atoms with Crippen LogP contribution in [0.25, 0.3) is 10.4 Å². The van der Waals surface area contributed by atoms with Crippen molar-refractivity contribution in [2.75, 3.05) is 13.2 Å². The van der Waals surface area contributed by atoms with Gasteiger partial charge in [0.2, 0.25) is 0 Å². The normalized spacial score (nSPS) is 16.1. The van der Waals surface area contributed by atoms with E-state index in [1.165, 1.54) is 26.4 Å². The second-order valence-corrected chi connectivity index (χ2v) is 11.0. The molecule has 2 aromatic carbocycles. The molecule has 1 amide bonds. The van der Waals surface area contributed by atoms with Crippen molar-refractivity contribution in [2.24, 2.45) is 0 Å². The molecule has 4 nitrogen and oxygen atoms in total. The molecule has 174 valence electrons. The molecule has 1 atom stereocenters. The number of amides is 1. The van der Waals surface area contributed by atoms with Crippen LogP contribution >= 0.6 is 11.3 Å². The Hall–Kier alpha value is -2.79. The lowest BCUT2D eigenvalue weighted by Crippen LogP contribution is -2.42. The standard InChI is InChI=1S/C28H33NO3S/c1-20-7-16-26(33-20)23-12-8-21(9-13-23)18-22-10-14-25(15-11-22)31-19-24-6-5-17-29(24)27(30)32-28(2,3)4/h7-16,24H,5-6,17-19H2,1-4H3/t24-/m1/s1. The lowest BCUT2D eigenvalue weighted by Gasteiger charge is -2.28. The molecule has 4 rings (SSSR count). The molecule has 3 aromatic rings. The molecule has 33 heavy (non-hydrogen) atoms. The monoisotopic (exact) mass is 463 g/mol. The summed E-state index contributed by atoms with van der Waals surface area (Å²) in [5, 5.41) is 0. The number of carbonyl (C=O) groups excluding carboxylic acids is 1. The molecule has 1 fully saturated rings. The number of rotatable bonds is 6. The van der Waals surface area contributed by atoms with Crippen molar-refractivity contribution in [3.8, 4) is 16.2 Å². The van der Waals surface area contributed by atoms with Gasteiger partial charge < -0.3 is 14.4 Å². The number of benzene rings is 2. The smallest absolute Gasteiger partial charge is 0.410 e. The molecule has 5 heteroatoms. The fourth-order valence-electron chi connectivity index (χ4n) is 4.08. The maximum atomic E-state index is 12.5. The number of hydrogen-bond donors (Lipinski definition) is 0. The van der Waals surface area contributed by atoms with Gasteiger partial charge in [-0.15, -0.1) is 11.3 Å². The number of nitrogens with zero attached hydrogens (tertiary/aromatic N) is 1. The van der Waals surface area contributed by atoms with Crippen LogP contribution in [0.4, 0.5) is 4.79 Å². The molecule has 1 aliphatic rings. The minimum atomic E-state index is -0.482. The van der Waals surface area contributed by atoms with Gasteiger partial charge in [0.05, 0.1) is 6.04 Å². The van der Waals surface area contributed by atoms with E-state index in [1.807, 2.05) is 44.2 Å².